The molecule has 7 heteroatoms. The Morgan fingerprint density at radius 3 is 2.38 bits per heavy atom. The van der Waals surface area contributed by atoms with Crippen LogP contribution in [-0.2, 0) is 4.79 Å². The average molecular weight is 476 g/mol. The van der Waals surface area contributed by atoms with Crippen molar-refractivity contribution in [1.82, 2.24) is 9.91 Å². The van der Waals surface area contributed by atoms with Gasteiger partial charge in [-0.3, -0.25) is 9.59 Å². The number of hydrogen-bond donors (Lipinski definition) is 0. The fraction of sp³-hybridized carbons (Fsp3) is 0.222. The van der Waals surface area contributed by atoms with Crippen molar-refractivity contribution in [2.75, 3.05) is 20.7 Å². The van der Waals surface area contributed by atoms with E-state index in [0.29, 0.717) is 22.8 Å². The van der Waals surface area contributed by atoms with Gasteiger partial charge >= 0.3 is 0 Å². The molecular formula is C27H26ClN3O3. The Bertz CT molecular complexity index is 1220. The van der Waals surface area contributed by atoms with Crippen LogP contribution in [0.3, 0.4) is 0 Å². The lowest BCUT2D eigenvalue weighted by Gasteiger charge is -2.25. The molecule has 2 amide bonds. The van der Waals surface area contributed by atoms with Gasteiger partial charge in [-0.1, -0.05) is 59.6 Å². The Morgan fingerprint density at radius 1 is 1.06 bits per heavy atom. The Morgan fingerprint density at radius 2 is 1.74 bits per heavy atom. The largest absolute Gasteiger partial charge is 0.497 e. The molecule has 1 aliphatic heterocycles. The molecule has 0 saturated heterocycles. The number of carbonyl (C=O) groups excluding carboxylic acids is 2. The number of likely N-dealkylation sites (N-methyl/N-ethyl adjacent to an activating group) is 1. The van der Waals surface area contributed by atoms with Crippen LogP contribution < -0.4 is 4.74 Å². The fourth-order valence-corrected chi connectivity index (χ4v) is 4.19. The SMILES string of the molecule is COc1ccc(C(=O)N(C)CC(=O)N2N=C(c3ccccc3Cl)CC2c2ccc(C)cc2)cc1. The predicted molar refractivity (Wildman–Crippen MR) is 133 cm³/mol. The maximum Gasteiger partial charge on any atom is 0.262 e. The highest BCUT2D eigenvalue weighted by Crippen LogP contribution is 2.34. The summed E-state index contributed by atoms with van der Waals surface area (Å²) in [5.41, 5.74) is 4.14. The molecule has 0 radical (unpaired) electrons. The number of nitrogens with zero attached hydrogens (tertiary/aromatic N) is 3. The van der Waals surface area contributed by atoms with E-state index >= 15 is 0 Å². The number of benzene rings is 3. The molecule has 0 fully saturated rings. The van der Waals surface area contributed by atoms with Gasteiger partial charge in [0, 0.05) is 29.6 Å². The number of aryl methyl sites for hydroxylation is 1. The molecule has 4 rings (SSSR count). The Hall–Kier alpha value is -3.64. The van der Waals surface area contributed by atoms with Crippen molar-refractivity contribution in [3.05, 3.63) is 100 Å². The molecule has 3 aromatic carbocycles. The number of hydrogen-bond acceptors (Lipinski definition) is 4. The van der Waals surface area contributed by atoms with Gasteiger partial charge < -0.3 is 9.64 Å². The Kier molecular flexibility index (Phi) is 6.98. The van der Waals surface area contributed by atoms with Crippen LogP contribution in [0.25, 0.3) is 0 Å². The molecule has 0 aliphatic carbocycles. The second-order valence-corrected chi connectivity index (χ2v) is 8.69. The molecule has 1 aliphatic rings. The van der Waals surface area contributed by atoms with Crippen molar-refractivity contribution >= 4 is 29.1 Å². The number of halogens is 1. The van der Waals surface area contributed by atoms with Gasteiger partial charge in [0.1, 0.15) is 12.3 Å². The normalized spacial score (nSPS) is 15.1. The first-order valence-corrected chi connectivity index (χ1v) is 11.4. The molecule has 6 nitrogen and oxygen atoms in total. The lowest BCUT2D eigenvalue weighted by atomic mass is 9.97. The van der Waals surface area contributed by atoms with Crippen LogP contribution in [0.5, 0.6) is 5.75 Å². The van der Waals surface area contributed by atoms with Crippen LogP contribution in [0.4, 0.5) is 0 Å². The summed E-state index contributed by atoms with van der Waals surface area (Å²) in [6.07, 6.45) is 0.536. The standard InChI is InChI=1S/C27H26ClN3O3/c1-18-8-10-19(11-9-18)25-16-24(22-6-4-5-7-23(22)28)29-31(25)26(32)17-30(2)27(33)20-12-14-21(34-3)15-13-20/h4-15,25H,16-17H2,1-3H3. The summed E-state index contributed by atoms with van der Waals surface area (Å²) in [4.78, 5) is 27.7. The third-order valence-electron chi connectivity index (χ3n) is 5.87. The average Bonchev–Trinajstić information content (AvgIpc) is 3.29. The lowest BCUT2D eigenvalue weighted by molar-refractivity contribution is -0.133. The van der Waals surface area contributed by atoms with Crippen LogP contribution in [0.15, 0.2) is 77.9 Å². The maximum atomic E-state index is 13.4. The second kappa shape index (κ2) is 10.1. The first-order valence-electron chi connectivity index (χ1n) is 11.0. The van der Waals surface area contributed by atoms with E-state index in [-0.39, 0.29) is 24.4 Å². The molecule has 174 valence electrons. The number of carbonyl (C=O) groups is 2. The van der Waals surface area contributed by atoms with E-state index in [1.54, 1.807) is 38.4 Å². The minimum Gasteiger partial charge on any atom is -0.497 e. The first-order chi connectivity index (χ1) is 16.4. The molecule has 34 heavy (non-hydrogen) atoms. The summed E-state index contributed by atoms with van der Waals surface area (Å²) in [6.45, 7) is 1.92. The van der Waals surface area contributed by atoms with Gasteiger partial charge in [0.2, 0.25) is 0 Å². The third kappa shape index (κ3) is 4.97. The number of hydrazone groups is 1. The molecular weight excluding hydrogens is 450 g/mol. The summed E-state index contributed by atoms with van der Waals surface area (Å²) >= 11 is 6.42. The molecule has 0 aromatic heterocycles. The summed E-state index contributed by atoms with van der Waals surface area (Å²) in [6, 6.07) is 22.1. The van der Waals surface area contributed by atoms with Crippen LogP contribution >= 0.6 is 11.6 Å². The lowest BCUT2D eigenvalue weighted by Crippen LogP contribution is -2.39. The van der Waals surface area contributed by atoms with Crippen LogP contribution in [0.1, 0.15) is 39.5 Å². The van der Waals surface area contributed by atoms with Crippen molar-refractivity contribution in [1.29, 1.82) is 0 Å². The Labute approximate surface area is 204 Å². The first kappa shape index (κ1) is 23.5. The van der Waals surface area contributed by atoms with Gasteiger partial charge in [-0.25, -0.2) is 5.01 Å². The smallest absolute Gasteiger partial charge is 0.262 e. The zero-order chi connectivity index (χ0) is 24.2. The highest BCUT2D eigenvalue weighted by molar-refractivity contribution is 6.34. The monoisotopic (exact) mass is 475 g/mol. The van der Waals surface area contributed by atoms with E-state index in [1.807, 2.05) is 55.5 Å². The quantitative estimate of drug-likeness (QED) is 0.498. The van der Waals surface area contributed by atoms with Gasteiger partial charge in [-0.05, 0) is 42.8 Å². The molecule has 1 atom stereocenters. The summed E-state index contributed by atoms with van der Waals surface area (Å²) < 4.78 is 5.15. The number of amides is 2. The van der Waals surface area contributed by atoms with E-state index in [9.17, 15) is 9.59 Å². The Balaban J connectivity index is 1.58. The fourth-order valence-electron chi connectivity index (χ4n) is 3.95. The van der Waals surface area contributed by atoms with E-state index < -0.39 is 0 Å². The third-order valence-corrected chi connectivity index (χ3v) is 6.20. The van der Waals surface area contributed by atoms with E-state index in [4.69, 9.17) is 16.3 Å². The van der Waals surface area contributed by atoms with E-state index in [2.05, 4.69) is 5.10 Å². The molecule has 1 unspecified atom stereocenters. The number of ether oxygens (including phenoxy) is 1. The van der Waals surface area contributed by atoms with Crippen LogP contribution in [-0.4, -0.2) is 48.1 Å². The van der Waals surface area contributed by atoms with Crippen molar-refractivity contribution in [2.24, 2.45) is 5.10 Å². The molecule has 0 saturated carbocycles. The maximum absolute atomic E-state index is 13.4. The minimum absolute atomic E-state index is 0.105. The zero-order valence-electron chi connectivity index (χ0n) is 19.4. The minimum atomic E-state index is -0.274. The number of methoxy groups -OCH3 is 1. The van der Waals surface area contributed by atoms with Crippen molar-refractivity contribution in [3.63, 3.8) is 0 Å². The van der Waals surface area contributed by atoms with Gasteiger partial charge in [0.25, 0.3) is 11.8 Å². The highest BCUT2D eigenvalue weighted by Gasteiger charge is 2.34. The topological polar surface area (TPSA) is 62.2 Å². The molecule has 1 heterocycles. The van der Waals surface area contributed by atoms with E-state index in [1.165, 1.54) is 9.91 Å². The summed E-state index contributed by atoms with van der Waals surface area (Å²) in [5, 5.41) is 6.74. The van der Waals surface area contributed by atoms with Crippen molar-refractivity contribution < 1.29 is 14.3 Å². The zero-order valence-corrected chi connectivity index (χ0v) is 20.1. The summed E-state index contributed by atoms with van der Waals surface area (Å²) in [7, 11) is 3.18. The summed E-state index contributed by atoms with van der Waals surface area (Å²) in [5.74, 6) is 0.143. The molecule has 3 aromatic rings. The molecule has 0 spiro atoms. The van der Waals surface area contributed by atoms with Gasteiger partial charge in [0.15, 0.2) is 0 Å². The van der Waals surface area contributed by atoms with E-state index in [0.717, 1.165) is 22.4 Å². The van der Waals surface area contributed by atoms with Crippen LogP contribution in [0.2, 0.25) is 5.02 Å². The second-order valence-electron chi connectivity index (χ2n) is 8.29. The van der Waals surface area contributed by atoms with Gasteiger partial charge in [-0.2, -0.15) is 5.10 Å². The van der Waals surface area contributed by atoms with Crippen molar-refractivity contribution in [3.8, 4) is 5.75 Å². The van der Waals surface area contributed by atoms with Crippen molar-refractivity contribution in [2.45, 2.75) is 19.4 Å². The van der Waals surface area contributed by atoms with Gasteiger partial charge in [-0.15, -0.1) is 0 Å². The van der Waals surface area contributed by atoms with Gasteiger partial charge in [0.05, 0.1) is 18.9 Å². The predicted octanol–water partition coefficient (Wildman–Crippen LogP) is 5.11. The molecule has 0 N–H and O–H groups in total. The highest BCUT2D eigenvalue weighted by atomic mass is 35.5. The van der Waals surface area contributed by atoms with Crippen LogP contribution in [0, 0.1) is 6.92 Å². The molecule has 0 bridgehead atoms. The number of rotatable bonds is 6.